The van der Waals surface area contributed by atoms with Crippen LogP contribution >= 0.6 is 22.9 Å². The van der Waals surface area contributed by atoms with Crippen molar-refractivity contribution in [2.45, 2.75) is 200 Å². The molecule has 12 nitrogen and oxygen atoms in total. The minimum atomic E-state index is -2.41. The Hall–Kier alpha value is -4.80. The number of aryl methyl sites for hydroxylation is 1. The second kappa shape index (κ2) is 21.5. The van der Waals surface area contributed by atoms with Crippen LogP contribution in [0.2, 0.25) is 23.2 Å². The summed E-state index contributed by atoms with van der Waals surface area (Å²) in [4.78, 5) is 72.5. The highest BCUT2D eigenvalue weighted by Gasteiger charge is 2.63. The summed E-state index contributed by atoms with van der Waals surface area (Å²) in [6.07, 6.45) is 5.75. The lowest BCUT2D eigenvalue weighted by Crippen LogP contribution is -2.68. The third-order valence-electron chi connectivity index (χ3n) is 18.5. The number of hydrogen-bond donors (Lipinski definition) is 2. The number of nitrogens with one attached hydrogen (secondary N) is 2. The van der Waals surface area contributed by atoms with E-state index >= 15 is 14.0 Å². The molecule has 3 aliphatic heterocycles. The number of nitrogens with zero attached hydrogens (tertiary/aromatic N) is 5. The minimum Gasteiger partial charge on any atom is -0.412 e. The van der Waals surface area contributed by atoms with Gasteiger partial charge < -0.3 is 24.9 Å². The van der Waals surface area contributed by atoms with Gasteiger partial charge in [-0.2, -0.15) is 4.98 Å². The summed E-state index contributed by atoms with van der Waals surface area (Å²) < 4.78 is 24.6. The van der Waals surface area contributed by atoms with Gasteiger partial charge in [0.2, 0.25) is 11.8 Å². The third kappa shape index (κ3) is 11.3. The summed E-state index contributed by atoms with van der Waals surface area (Å²) >= 11 is 8.14. The molecular weight excluding hydrogens is 1050 g/mol. The predicted octanol–water partition coefficient (Wildman–Crippen LogP) is 13.1. The first-order chi connectivity index (χ1) is 36.9. The number of benzene rings is 3. The number of rotatable bonds is 16. The third-order valence-corrected chi connectivity index (χ3v) is 24.3. The number of halogens is 2. The summed E-state index contributed by atoms with van der Waals surface area (Å²) in [7, 11) is -2.41. The molecule has 79 heavy (non-hydrogen) atoms. The molecule has 426 valence electrons. The van der Waals surface area contributed by atoms with Gasteiger partial charge in [-0.1, -0.05) is 129 Å². The Morgan fingerprint density at radius 1 is 0.911 bits per heavy atom. The van der Waals surface area contributed by atoms with E-state index in [0.29, 0.717) is 22.7 Å². The van der Waals surface area contributed by atoms with E-state index in [-0.39, 0.29) is 48.4 Å². The first-order valence-corrected chi connectivity index (χ1v) is 32.9. The summed E-state index contributed by atoms with van der Waals surface area (Å²) in [6.45, 7) is 32.1. The van der Waals surface area contributed by atoms with Crippen molar-refractivity contribution >= 4 is 59.9 Å². The van der Waals surface area contributed by atoms with Gasteiger partial charge in [0.05, 0.1) is 55.3 Å². The molecule has 1 saturated carbocycles. The van der Waals surface area contributed by atoms with Gasteiger partial charge >= 0.3 is 0 Å². The van der Waals surface area contributed by atoms with Crippen molar-refractivity contribution in [3.8, 4) is 16.1 Å². The first kappa shape index (κ1) is 58.8. The lowest BCUT2D eigenvalue weighted by atomic mass is 9.70. The van der Waals surface area contributed by atoms with Gasteiger partial charge in [-0.25, -0.2) is 9.37 Å². The molecule has 3 aromatic carbocycles. The molecule has 0 spiro atoms. The van der Waals surface area contributed by atoms with Crippen molar-refractivity contribution in [1.82, 2.24) is 35.0 Å². The number of likely N-dealkylation sites (tertiary alicyclic amines) is 2. The van der Waals surface area contributed by atoms with Crippen LogP contribution in [0, 0.1) is 17.8 Å². The molecule has 3 fully saturated rings. The van der Waals surface area contributed by atoms with Gasteiger partial charge in [0.1, 0.15) is 17.4 Å². The molecular formula is C63H85ClFN7O5SSi. The van der Waals surface area contributed by atoms with Crippen molar-refractivity contribution < 1.29 is 23.2 Å². The number of alkyl halides is 1. The van der Waals surface area contributed by atoms with Crippen molar-refractivity contribution in [2.75, 3.05) is 26.2 Å². The quantitative estimate of drug-likeness (QED) is 0.0736. The highest BCUT2D eigenvalue weighted by Crippen LogP contribution is 2.50. The molecule has 3 amide bonds. The van der Waals surface area contributed by atoms with Crippen molar-refractivity contribution in [3.05, 3.63) is 110 Å². The lowest BCUT2D eigenvalue weighted by molar-refractivity contribution is -0.156. The van der Waals surface area contributed by atoms with E-state index in [1.807, 2.05) is 66.1 Å². The van der Waals surface area contributed by atoms with Crippen LogP contribution in [0.15, 0.2) is 71.0 Å². The number of piperidine rings is 1. The van der Waals surface area contributed by atoms with E-state index < -0.39 is 59.7 Å². The lowest BCUT2D eigenvalue weighted by Gasteiger charge is -2.49. The van der Waals surface area contributed by atoms with Crippen LogP contribution in [-0.2, 0) is 24.2 Å². The zero-order valence-electron chi connectivity index (χ0n) is 49.3. The van der Waals surface area contributed by atoms with Crippen LogP contribution in [0.25, 0.3) is 27.0 Å². The van der Waals surface area contributed by atoms with E-state index in [1.54, 1.807) is 22.3 Å². The largest absolute Gasteiger partial charge is 0.412 e. The fraction of sp³-hybridized carbons (Fsp3) is 0.587. The molecule has 0 unspecified atom stereocenters. The standard InChI is InChI=1S/C63H85ClFN7O5SSi/c1-39-51(78-38-66-39)42-24-22-41(23-25-42)47(67-57(76)63(59(5,6)7)36-44(77-79(13,14)60(8,9)10)37-71(63)54(74)52(58(2,3)4)68-56(75)62(65)30-31-62)20-16-15-17-32-70-33-28-40(29-34-70)43-26-27-48-45(35-43)61(11,12)55-69-53(73)50-46(64)19-18-21-49(50)72(48)55/h18-19,21-27,35,38,40,44,47,52H,15-17,20,28-34,36-37H2,1-14H3,(H,67,76)(H,68,75)/t44-,47+,52-,63-/m1/s1. The van der Waals surface area contributed by atoms with Crippen LogP contribution in [0.1, 0.15) is 174 Å². The van der Waals surface area contributed by atoms with Crippen LogP contribution in [0.5, 0.6) is 0 Å². The number of hydrogen-bond acceptors (Lipinski definition) is 9. The summed E-state index contributed by atoms with van der Waals surface area (Å²) in [5.41, 5.74) is 3.53. The van der Waals surface area contributed by atoms with E-state index in [4.69, 9.17) is 16.0 Å². The number of carbonyl (C=O) groups is 3. The van der Waals surface area contributed by atoms with E-state index in [2.05, 4.69) is 120 Å². The molecule has 2 saturated heterocycles. The maximum Gasteiger partial charge on any atom is 0.282 e. The molecule has 1 aliphatic carbocycles. The first-order valence-electron chi connectivity index (χ1n) is 28.8. The highest BCUT2D eigenvalue weighted by atomic mass is 35.5. The Labute approximate surface area is 478 Å². The average Bonchev–Trinajstić information content (AvgIpc) is 3.62. The molecule has 2 aromatic heterocycles. The molecule has 4 aliphatic rings. The molecule has 0 radical (unpaired) electrons. The second-order valence-electron chi connectivity index (χ2n) is 27.5. The Kier molecular flexibility index (Phi) is 16.0. The Balaban J connectivity index is 0.911. The number of thiazole rings is 1. The van der Waals surface area contributed by atoms with Crippen LogP contribution in [0.4, 0.5) is 4.39 Å². The van der Waals surface area contributed by atoms with E-state index in [0.717, 1.165) is 90.5 Å². The van der Waals surface area contributed by atoms with Crippen LogP contribution in [-0.4, -0.2) is 99.9 Å². The minimum absolute atomic E-state index is 0.127. The number of amides is 3. The fourth-order valence-electron chi connectivity index (χ4n) is 12.4. The van der Waals surface area contributed by atoms with Gasteiger partial charge in [-0.3, -0.25) is 23.7 Å². The normalized spacial score (nSPS) is 21.2. The molecule has 5 aromatic rings. The Morgan fingerprint density at radius 3 is 2.20 bits per heavy atom. The number of carbonyl (C=O) groups excluding carboxylic acids is 3. The van der Waals surface area contributed by atoms with Crippen molar-refractivity contribution in [3.63, 3.8) is 0 Å². The number of unbranched alkanes of at least 4 members (excludes halogenated alkanes) is 2. The SMILES string of the molecule is Cc1ncsc1-c1ccc([C@H](CCCCCN2CCC(c3ccc4c(c3)C(C)(C)c3nc(=O)c5c(Cl)cccc5n3-4)CC2)NC(=O)[C@@]2(C(C)(C)C)C[C@@H](O[Si](C)(C)C(C)(C)C)CN2C(=O)[C@@H](NC(=O)C2(F)CC2)C(C)(C)C)cc1. The zero-order chi connectivity index (χ0) is 57.4. The average molecular weight is 1140 g/mol. The van der Waals surface area contributed by atoms with Gasteiger partial charge in [0, 0.05) is 13.0 Å². The van der Waals surface area contributed by atoms with Gasteiger partial charge in [0.25, 0.3) is 11.5 Å². The van der Waals surface area contributed by atoms with Crippen molar-refractivity contribution in [1.29, 1.82) is 0 Å². The van der Waals surface area contributed by atoms with Gasteiger partial charge in [0.15, 0.2) is 14.0 Å². The summed E-state index contributed by atoms with van der Waals surface area (Å²) in [5.74, 6) is -0.261. The molecule has 2 N–H and O–H groups in total. The Bertz CT molecular complexity index is 3180. The molecule has 5 heterocycles. The van der Waals surface area contributed by atoms with Gasteiger partial charge in [-0.15, -0.1) is 11.3 Å². The molecule has 0 bridgehead atoms. The van der Waals surface area contributed by atoms with E-state index in [1.165, 1.54) is 11.1 Å². The second-order valence-corrected chi connectivity index (χ2v) is 33.5. The van der Waals surface area contributed by atoms with Crippen molar-refractivity contribution in [2.24, 2.45) is 10.8 Å². The predicted molar refractivity (Wildman–Crippen MR) is 320 cm³/mol. The number of fused-ring (bicyclic) bond motifs is 5. The summed E-state index contributed by atoms with van der Waals surface area (Å²) in [6, 6.07) is 19.4. The maximum absolute atomic E-state index is 15.9. The van der Waals surface area contributed by atoms with E-state index in [9.17, 15) is 9.59 Å². The van der Waals surface area contributed by atoms with Crippen LogP contribution < -0.4 is 16.2 Å². The Morgan fingerprint density at radius 2 is 1.59 bits per heavy atom. The maximum atomic E-state index is 15.9. The van der Waals surface area contributed by atoms with Gasteiger partial charge in [-0.05, 0) is 154 Å². The highest BCUT2D eigenvalue weighted by molar-refractivity contribution is 7.13. The topological polar surface area (TPSA) is 139 Å². The monoisotopic (exact) mass is 1130 g/mol. The van der Waals surface area contributed by atoms with Crippen LogP contribution in [0.3, 0.4) is 0 Å². The molecule has 4 atom stereocenters. The fourth-order valence-corrected chi connectivity index (χ4v) is 14.8. The zero-order valence-corrected chi connectivity index (χ0v) is 51.9. The smallest absolute Gasteiger partial charge is 0.282 e. The molecule has 9 rings (SSSR count). The molecule has 16 heteroatoms. The number of aromatic nitrogens is 3. The summed E-state index contributed by atoms with van der Waals surface area (Å²) in [5, 5.41) is 7.15.